The van der Waals surface area contributed by atoms with Gasteiger partial charge < -0.3 is 9.30 Å². The molecule has 1 amide bonds. The summed E-state index contributed by atoms with van der Waals surface area (Å²) < 4.78 is 6.82. The summed E-state index contributed by atoms with van der Waals surface area (Å²) >= 11 is 0. The van der Waals surface area contributed by atoms with Gasteiger partial charge in [-0.3, -0.25) is 10.2 Å². The predicted octanol–water partition coefficient (Wildman–Crippen LogP) is 2.77. The van der Waals surface area contributed by atoms with E-state index < -0.39 is 5.97 Å². The van der Waals surface area contributed by atoms with Crippen molar-refractivity contribution >= 4 is 11.9 Å². The lowest BCUT2D eigenvalue weighted by atomic mass is 10.1. The van der Waals surface area contributed by atoms with Gasteiger partial charge in [-0.05, 0) is 50.1 Å². The highest BCUT2D eigenvalue weighted by molar-refractivity contribution is 5.98. The van der Waals surface area contributed by atoms with E-state index in [1.54, 1.807) is 18.2 Å². The van der Waals surface area contributed by atoms with Gasteiger partial charge in [-0.1, -0.05) is 13.8 Å². The van der Waals surface area contributed by atoms with Gasteiger partial charge in [0, 0.05) is 23.5 Å². The second-order valence-corrected chi connectivity index (χ2v) is 6.40. The van der Waals surface area contributed by atoms with Gasteiger partial charge in [0.25, 0.3) is 5.91 Å². The molecule has 0 radical (unpaired) electrons. The Kier molecular flexibility index (Phi) is 5.98. The van der Waals surface area contributed by atoms with Gasteiger partial charge >= 0.3 is 5.97 Å². The molecule has 0 atom stereocenters. The fraction of sp³-hybridized carbons (Fsp3) is 0.368. The molecule has 134 valence electrons. The summed E-state index contributed by atoms with van der Waals surface area (Å²) in [6, 6.07) is 8.88. The Morgan fingerprint density at radius 1 is 1.12 bits per heavy atom. The van der Waals surface area contributed by atoms with Crippen LogP contribution in [-0.4, -0.2) is 30.1 Å². The average molecular weight is 343 g/mol. The van der Waals surface area contributed by atoms with Gasteiger partial charge in [-0.25, -0.2) is 10.2 Å². The van der Waals surface area contributed by atoms with Crippen molar-refractivity contribution < 1.29 is 14.3 Å². The summed E-state index contributed by atoms with van der Waals surface area (Å²) in [5.41, 5.74) is 9.04. The molecule has 1 aromatic heterocycles. The number of hydrogen-bond donors (Lipinski definition) is 2. The van der Waals surface area contributed by atoms with Crippen LogP contribution in [0.5, 0.6) is 0 Å². The fourth-order valence-corrected chi connectivity index (χ4v) is 2.60. The van der Waals surface area contributed by atoms with Crippen LogP contribution in [0.25, 0.3) is 5.69 Å². The van der Waals surface area contributed by atoms with Crippen molar-refractivity contribution in [3.63, 3.8) is 0 Å². The van der Waals surface area contributed by atoms with Crippen LogP contribution in [0.15, 0.2) is 30.3 Å². The Balaban J connectivity index is 2.41. The Hall–Kier alpha value is -2.60. The van der Waals surface area contributed by atoms with Gasteiger partial charge in [-0.15, -0.1) is 0 Å². The third kappa shape index (κ3) is 4.28. The van der Waals surface area contributed by atoms with E-state index in [2.05, 4.69) is 24.7 Å². The molecule has 0 aliphatic heterocycles. The van der Waals surface area contributed by atoms with E-state index >= 15 is 0 Å². The summed E-state index contributed by atoms with van der Waals surface area (Å²) in [6.45, 7) is 8.69. The molecule has 0 fully saturated rings. The lowest BCUT2D eigenvalue weighted by molar-refractivity contribution is 0.0600. The molecule has 25 heavy (non-hydrogen) atoms. The number of amides is 1. The molecule has 2 aromatic rings. The van der Waals surface area contributed by atoms with Crippen LogP contribution in [0.2, 0.25) is 0 Å². The van der Waals surface area contributed by atoms with Gasteiger partial charge in [-0.2, -0.15) is 0 Å². The molecule has 0 saturated heterocycles. The first-order valence-corrected chi connectivity index (χ1v) is 8.26. The molecule has 0 bridgehead atoms. The van der Waals surface area contributed by atoms with E-state index in [9.17, 15) is 9.59 Å². The van der Waals surface area contributed by atoms with Crippen LogP contribution >= 0.6 is 0 Å². The number of benzene rings is 1. The number of hydrazine groups is 1. The SMILES string of the molecule is COC(=O)c1ccc(C(=O)NNCC(C)C)cc1-n1c(C)ccc1C. The van der Waals surface area contributed by atoms with Crippen molar-refractivity contribution in [3.05, 3.63) is 52.8 Å². The number of nitrogens with one attached hydrogen (secondary N) is 2. The Morgan fingerprint density at radius 3 is 2.32 bits per heavy atom. The minimum Gasteiger partial charge on any atom is -0.465 e. The third-order valence-corrected chi connectivity index (χ3v) is 3.89. The van der Waals surface area contributed by atoms with E-state index in [0.29, 0.717) is 29.3 Å². The zero-order valence-electron chi connectivity index (χ0n) is 15.3. The monoisotopic (exact) mass is 343 g/mol. The van der Waals surface area contributed by atoms with Crippen LogP contribution in [0, 0.1) is 19.8 Å². The largest absolute Gasteiger partial charge is 0.465 e. The number of carbonyl (C=O) groups excluding carboxylic acids is 2. The number of esters is 1. The molecule has 0 unspecified atom stereocenters. The van der Waals surface area contributed by atoms with Gasteiger partial charge in [0.2, 0.25) is 0 Å². The Bertz CT molecular complexity index is 759. The first-order valence-electron chi connectivity index (χ1n) is 8.26. The number of aromatic nitrogens is 1. The molecule has 6 nitrogen and oxygen atoms in total. The van der Waals surface area contributed by atoms with Crippen molar-refractivity contribution in [2.45, 2.75) is 27.7 Å². The number of ether oxygens (including phenoxy) is 1. The summed E-state index contributed by atoms with van der Waals surface area (Å²) in [4.78, 5) is 24.5. The normalized spacial score (nSPS) is 10.8. The molecule has 2 rings (SSSR count). The van der Waals surface area contributed by atoms with E-state index in [-0.39, 0.29) is 5.91 Å². The number of hydrogen-bond acceptors (Lipinski definition) is 4. The lowest BCUT2D eigenvalue weighted by Crippen LogP contribution is -2.39. The molecule has 0 saturated carbocycles. The average Bonchev–Trinajstić information content (AvgIpc) is 2.91. The molecule has 2 N–H and O–H groups in total. The lowest BCUT2D eigenvalue weighted by Gasteiger charge is -2.15. The smallest absolute Gasteiger partial charge is 0.339 e. The van der Waals surface area contributed by atoms with E-state index in [0.717, 1.165) is 11.4 Å². The van der Waals surface area contributed by atoms with Crippen LogP contribution in [-0.2, 0) is 4.74 Å². The maximum absolute atomic E-state index is 12.4. The number of rotatable bonds is 6. The van der Waals surface area contributed by atoms with E-state index in [4.69, 9.17) is 4.74 Å². The minimum absolute atomic E-state index is 0.249. The minimum atomic E-state index is -0.438. The Morgan fingerprint density at radius 2 is 1.76 bits per heavy atom. The van der Waals surface area contributed by atoms with Crippen molar-refractivity contribution in [1.29, 1.82) is 0 Å². The van der Waals surface area contributed by atoms with Crippen molar-refractivity contribution in [2.24, 2.45) is 5.92 Å². The molecular weight excluding hydrogens is 318 g/mol. The zero-order valence-corrected chi connectivity index (χ0v) is 15.3. The zero-order chi connectivity index (χ0) is 18.6. The van der Waals surface area contributed by atoms with Crippen LogP contribution in [0.3, 0.4) is 0 Å². The summed E-state index contributed by atoms with van der Waals surface area (Å²) in [7, 11) is 1.35. The van der Waals surface area contributed by atoms with E-state index in [1.807, 2.05) is 30.5 Å². The highest BCUT2D eigenvalue weighted by atomic mass is 16.5. The standard InChI is InChI=1S/C19H25N3O3/c1-12(2)11-20-21-18(23)15-8-9-16(19(24)25-5)17(10-15)22-13(3)6-7-14(22)4/h6-10,12,20H,11H2,1-5H3,(H,21,23). The first kappa shape index (κ1) is 18.7. The van der Waals surface area contributed by atoms with Crippen LogP contribution in [0.4, 0.5) is 0 Å². The van der Waals surface area contributed by atoms with E-state index in [1.165, 1.54) is 7.11 Å². The van der Waals surface area contributed by atoms with Crippen molar-refractivity contribution in [1.82, 2.24) is 15.4 Å². The maximum Gasteiger partial charge on any atom is 0.339 e. The van der Waals surface area contributed by atoms with Gasteiger partial charge in [0.15, 0.2) is 0 Å². The molecule has 6 heteroatoms. The molecule has 0 aliphatic carbocycles. The molecule has 0 aliphatic rings. The number of aryl methyl sites for hydroxylation is 2. The van der Waals surface area contributed by atoms with Crippen molar-refractivity contribution in [3.8, 4) is 5.69 Å². The first-order chi connectivity index (χ1) is 11.8. The molecule has 1 heterocycles. The topological polar surface area (TPSA) is 72.4 Å². The Labute approximate surface area is 148 Å². The van der Waals surface area contributed by atoms with Crippen LogP contribution < -0.4 is 10.9 Å². The molecule has 1 aromatic carbocycles. The number of nitrogens with zero attached hydrogens (tertiary/aromatic N) is 1. The second kappa shape index (κ2) is 7.98. The summed E-state index contributed by atoms with van der Waals surface area (Å²) in [6.07, 6.45) is 0. The third-order valence-electron chi connectivity index (χ3n) is 3.89. The number of methoxy groups -OCH3 is 1. The highest BCUT2D eigenvalue weighted by Crippen LogP contribution is 2.22. The molecule has 0 spiro atoms. The maximum atomic E-state index is 12.4. The quantitative estimate of drug-likeness (QED) is 0.625. The highest BCUT2D eigenvalue weighted by Gasteiger charge is 2.18. The predicted molar refractivity (Wildman–Crippen MR) is 96.9 cm³/mol. The number of carbonyl (C=O) groups is 2. The van der Waals surface area contributed by atoms with Crippen LogP contribution in [0.1, 0.15) is 46.0 Å². The van der Waals surface area contributed by atoms with Gasteiger partial charge in [0.05, 0.1) is 18.4 Å². The second-order valence-electron chi connectivity index (χ2n) is 6.40. The van der Waals surface area contributed by atoms with Gasteiger partial charge in [0.1, 0.15) is 0 Å². The van der Waals surface area contributed by atoms with Crippen molar-refractivity contribution in [2.75, 3.05) is 13.7 Å². The fourth-order valence-electron chi connectivity index (χ4n) is 2.60. The summed E-state index contributed by atoms with van der Waals surface area (Å²) in [5, 5.41) is 0. The summed E-state index contributed by atoms with van der Waals surface area (Å²) in [5.74, 6) is -0.268. The molecular formula is C19H25N3O3.